The third-order valence-electron chi connectivity index (χ3n) is 4.95. The van der Waals surface area contributed by atoms with E-state index >= 15 is 0 Å². The summed E-state index contributed by atoms with van der Waals surface area (Å²) in [7, 11) is 0. The smallest absolute Gasteiger partial charge is 0.0522 e. The lowest BCUT2D eigenvalue weighted by Crippen LogP contribution is -2.34. The van der Waals surface area contributed by atoms with Crippen LogP contribution in [0.4, 0.5) is 0 Å². The van der Waals surface area contributed by atoms with Crippen molar-refractivity contribution in [3.05, 3.63) is 60.2 Å². The molecular formula is C19H26O. The summed E-state index contributed by atoms with van der Waals surface area (Å²) in [6.07, 6.45) is 5.02. The first kappa shape index (κ1) is 15.1. The summed E-state index contributed by atoms with van der Waals surface area (Å²) in [4.78, 5) is 0. The zero-order valence-corrected chi connectivity index (χ0v) is 12.7. The minimum Gasteiger partial charge on any atom is -0.395 e. The van der Waals surface area contributed by atoms with Crippen molar-refractivity contribution in [3.8, 4) is 0 Å². The lowest BCUT2D eigenvalue weighted by Gasteiger charge is -2.43. The molecule has 2 rings (SSSR count). The molecule has 3 atom stereocenters. The highest BCUT2D eigenvalue weighted by atomic mass is 16.3. The van der Waals surface area contributed by atoms with Gasteiger partial charge in [-0.05, 0) is 50.5 Å². The largest absolute Gasteiger partial charge is 0.395 e. The molecule has 1 saturated carbocycles. The number of aryl methyl sites for hydroxylation is 1. The number of benzene rings is 1. The van der Waals surface area contributed by atoms with Gasteiger partial charge in [0.15, 0.2) is 0 Å². The van der Waals surface area contributed by atoms with E-state index < -0.39 is 0 Å². The molecule has 0 amide bonds. The molecule has 0 heterocycles. The van der Waals surface area contributed by atoms with E-state index in [1.165, 1.54) is 16.7 Å². The molecule has 0 saturated heterocycles. The van der Waals surface area contributed by atoms with Crippen LogP contribution in [0.5, 0.6) is 0 Å². The SMILES string of the molecule is C=C[C@]1(CO)CC[C@@H](C(=C)C)[C@H](c2ccc(C)cc2)C1. The third-order valence-corrected chi connectivity index (χ3v) is 4.95. The number of allylic oxidation sites excluding steroid dienone is 1. The number of aliphatic hydroxyl groups is 1. The zero-order valence-electron chi connectivity index (χ0n) is 12.7. The second-order valence-corrected chi connectivity index (χ2v) is 6.44. The lowest BCUT2D eigenvalue weighted by molar-refractivity contribution is 0.100. The normalized spacial score (nSPS) is 29.9. The van der Waals surface area contributed by atoms with Crippen LogP contribution in [0.3, 0.4) is 0 Å². The van der Waals surface area contributed by atoms with Gasteiger partial charge in [0.1, 0.15) is 0 Å². The summed E-state index contributed by atoms with van der Waals surface area (Å²) in [5, 5.41) is 9.78. The maximum atomic E-state index is 9.78. The Hall–Kier alpha value is -1.34. The first-order valence-corrected chi connectivity index (χ1v) is 7.48. The molecule has 108 valence electrons. The van der Waals surface area contributed by atoms with Crippen molar-refractivity contribution in [2.75, 3.05) is 6.61 Å². The van der Waals surface area contributed by atoms with E-state index in [4.69, 9.17) is 0 Å². The molecule has 20 heavy (non-hydrogen) atoms. The molecule has 1 aromatic carbocycles. The van der Waals surface area contributed by atoms with Crippen LogP contribution in [-0.2, 0) is 0 Å². The molecule has 0 unspecified atom stereocenters. The summed E-state index contributed by atoms with van der Waals surface area (Å²) in [5.74, 6) is 0.948. The van der Waals surface area contributed by atoms with Crippen LogP contribution in [0, 0.1) is 18.3 Å². The Morgan fingerprint density at radius 1 is 1.40 bits per heavy atom. The summed E-state index contributed by atoms with van der Waals surface area (Å²) in [5.41, 5.74) is 3.78. The van der Waals surface area contributed by atoms with E-state index in [2.05, 4.69) is 51.3 Å². The molecule has 0 aromatic heterocycles. The molecule has 1 fully saturated rings. The van der Waals surface area contributed by atoms with Gasteiger partial charge < -0.3 is 5.11 Å². The van der Waals surface area contributed by atoms with Gasteiger partial charge in [0.05, 0.1) is 6.61 Å². The van der Waals surface area contributed by atoms with Crippen molar-refractivity contribution in [1.82, 2.24) is 0 Å². The average Bonchev–Trinajstić information content (AvgIpc) is 2.47. The second kappa shape index (κ2) is 5.97. The minimum atomic E-state index is -0.124. The van der Waals surface area contributed by atoms with Crippen LogP contribution < -0.4 is 0 Å². The van der Waals surface area contributed by atoms with Crippen molar-refractivity contribution in [2.24, 2.45) is 11.3 Å². The van der Waals surface area contributed by atoms with Gasteiger partial charge >= 0.3 is 0 Å². The van der Waals surface area contributed by atoms with E-state index in [-0.39, 0.29) is 12.0 Å². The molecule has 0 radical (unpaired) electrons. The molecule has 1 heteroatoms. The molecule has 0 spiro atoms. The fourth-order valence-electron chi connectivity index (χ4n) is 3.47. The number of hydrogen-bond acceptors (Lipinski definition) is 1. The van der Waals surface area contributed by atoms with Crippen molar-refractivity contribution in [3.63, 3.8) is 0 Å². The number of aliphatic hydroxyl groups excluding tert-OH is 1. The monoisotopic (exact) mass is 270 g/mol. The highest BCUT2D eigenvalue weighted by Crippen LogP contribution is 2.49. The van der Waals surface area contributed by atoms with E-state index in [0.717, 1.165) is 19.3 Å². The topological polar surface area (TPSA) is 20.2 Å². The number of rotatable bonds is 4. The Kier molecular flexibility index (Phi) is 4.49. The van der Waals surface area contributed by atoms with Crippen LogP contribution in [0.1, 0.15) is 43.2 Å². The van der Waals surface area contributed by atoms with E-state index in [0.29, 0.717) is 11.8 Å². The van der Waals surface area contributed by atoms with E-state index in [1.807, 2.05) is 6.08 Å². The predicted molar refractivity (Wildman–Crippen MR) is 85.8 cm³/mol. The molecule has 1 aliphatic carbocycles. The standard InChI is InChI=1S/C19H26O/c1-5-19(13-20)11-10-17(14(2)3)18(12-19)16-8-6-15(4)7-9-16/h5-9,17-18,20H,1-2,10-13H2,3-4H3/t17-,18-,19-/m0/s1. The molecule has 0 bridgehead atoms. The van der Waals surface area contributed by atoms with Crippen LogP contribution in [0.2, 0.25) is 0 Å². The van der Waals surface area contributed by atoms with Gasteiger partial charge in [-0.15, -0.1) is 6.58 Å². The Labute approximate surface area is 123 Å². The minimum absolute atomic E-state index is 0.124. The van der Waals surface area contributed by atoms with E-state index in [1.54, 1.807) is 0 Å². The maximum absolute atomic E-state index is 9.78. The van der Waals surface area contributed by atoms with Gasteiger partial charge in [-0.25, -0.2) is 0 Å². The van der Waals surface area contributed by atoms with Crippen molar-refractivity contribution in [1.29, 1.82) is 0 Å². The number of hydrogen-bond donors (Lipinski definition) is 1. The summed E-state index contributed by atoms with van der Waals surface area (Å²) >= 11 is 0. The Morgan fingerprint density at radius 3 is 2.55 bits per heavy atom. The molecule has 1 N–H and O–H groups in total. The molecule has 1 aromatic rings. The summed E-state index contributed by atoms with van der Waals surface area (Å²) < 4.78 is 0. The van der Waals surface area contributed by atoms with Gasteiger partial charge in [0.25, 0.3) is 0 Å². The summed E-state index contributed by atoms with van der Waals surface area (Å²) in [6.45, 7) is 12.6. The summed E-state index contributed by atoms with van der Waals surface area (Å²) in [6, 6.07) is 8.81. The lowest BCUT2D eigenvalue weighted by atomic mass is 9.62. The third kappa shape index (κ3) is 2.88. The maximum Gasteiger partial charge on any atom is 0.0522 e. The van der Waals surface area contributed by atoms with E-state index in [9.17, 15) is 5.11 Å². The quantitative estimate of drug-likeness (QED) is 0.792. The fourth-order valence-corrected chi connectivity index (χ4v) is 3.47. The molecule has 1 nitrogen and oxygen atoms in total. The van der Waals surface area contributed by atoms with Crippen molar-refractivity contribution >= 4 is 0 Å². The van der Waals surface area contributed by atoms with Crippen molar-refractivity contribution < 1.29 is 5.11 Å². The van der Waals surface area contributed by atoms with Crippen LogP contribution in [-0.4, -0.2) is 11.7 Å². The van der Waals surface area contributed by atoms with Crippen LogP contribution in [0.15, 0.2) is 49.1 Å². The molecule has 0 aliphatic heterocycles. The van der Waals surface area contributed by atoms with Crippen LogP contribution >= 0.6 is 0 Å². The van der Waals surface area contributed by atoms with Crippen molar-refractivity contribution in [2.45, 2.75) is 39.0 Å². The second-order valence-electron chi connectivity index (χ2n) is 6.44. The van der Waals surface area contributed by atoms with Gasteiger partial charge in [0, 0.05) is 5.41 Å². The Morgan fingerprint density at radius 2 is 2.05 bits per heavy atom. The molecule has 1 aliphatic rings. The first-order valence-electron chi connectivity index (χ1n) is 7.48. The fraction of sp³-hybridized carbons (Fsp3) is 0.474. The Balaban J connectivity index is 2.34. The van der Waals surface area contributed by atoms with Gasteiger partial charge in [-0.2, -0.15) is 0 Å². The predicted octanol–water partition coefficient (Wildman–Crippen LogP) is 4.62. The highest BCUT2D eigenvalue weighted by Gasteiger charge is 2.39. The molecular weight excluding hydrogens is 244 g/mol. The van der Waals surface area contributed by atoms with Gasteiger partial charge in [-0.3, -0.25) is 0 Å². The van der Waals surface area contributed by atoms with Gasteiger partial charge in [0.2, 0.25) is 0 Å². The highest BCUT2D eigenvalue weighted by molar-refractivity contribution is 5.28. The average molecular weight is 270 g/mol. The van der Waals surface area contributed by atoms with Gasteiger partial charge in [-0.1, -0.05) is 48.1 Å². The van der Waals surface area contributed by atoms with Crippen LogP contribution in [0.25, 0.3) is 0 Å². The Bertz CT molecular complexity index is 485. The zero-order chi connectivity index (χ0) is 14.8. The first-order chi connectivity index (χ1) is 9.51.